The number of nitrogens with one attached hydrogen (secondary N) is 1. The molecule has 1 N–H and O–H groups in total. The molecule has 6 nitrogen and oxygen atoms in total. The van der Waals surface area contributed by atoms with Crippen molar-refractivity contribution in [1.29, 1.82) is 0 Å². The van der Waals surface area contributed by atoms with Crippen LogP contribution in [0, 0.1) is 0 Å². The highest BCUT2D eigenvalue weighted by Gasteiger charge is 2.31. The van der Waals surface area contributed by atoms with E-state index in [0.717, 1.165) is 5.56 Å². The molecule has 0 radical (unpaired) electrons. The predicted octanol–water partition coefficient (Wildman–Crippen LogP) is 0.723. The number of rotatable bonds is 5. The van der Waals surface area contributed by atoms with Crippen molar-refractivity contribution in [2.75, 3.05) is 18.6 Å². The van der Waals surface area contributed by atoms with Crippen LogP contribution in [0.1, 0.15) is 18.9 Å². The minimum atomic E-state index is -3.72. The van der Waals surface area contributed by atoms with Crippen LogP contribution in [0.25, 0.3) is 0 Å². The van der Waals surface area contributed by atoms with Crippen LogP contribution in [0.2, 0.25) is 0 Å². The van der Waals surface area contributed by atoms with Crippen LogP contribution in [0.4, 0.5) is 0 Å². The van der Waals surface area contributed by atoms with Crippen LogP contribution in [0.5, 0.6) is 5.75 Å². The minimum absolute atomic E-state index is 0.0308. The number of sulfone groups is 1. The van der Waals surface area contributed by atoms with Gasteiger partial charge in [-0.25, -0.2) is 21.6 Å². The Labute approximate surface area is 125 Å². The summed E-state index contributed by atoms with van der Waals surface area (Å²) in [5.41, 5.74) is 0.791. The van der Waals surface area contributed by atoms with Gasteiger partial charge in [-0.05, 0) is 36.6 Å². The maximum absolute atomic E-state index is 12.3. The van der Waals surface area contributed by atoms with Gasteiger partial charge in [0.05, 0.1) is 23.5 Å². The maximum atomic E-state index is 12.3. The molecule has 1 saturated heterocycles. The van der Waals surface area contributed by atoms with Crippen LogP contribution in [-0.4, -0.2) is 41.5 Å². The third-order valence-electron chi connectivity index (χ3n) is 3.50. The Balaban J connectivity index is 2.24. The topological polar surface area (TPSA) is 89.5 Å². The van der Waals surface area contributed by atoms with E-state index in [1.54, 1.807) is 12.1 Å². The van der Waals surface area contributed by atoms with Crippen LogP contribution in [0.3, 0.4) is 0 Å². The molecule has 0 aliphatic carbocycles. The first-order valence-corrected chi connectivity index (χ1v) is 9.97. The Hall–Kier alpha value is -1.12. The normalized spacial score (nSPS) is 21.3. The van der Waals surface area contributed by atoms with Gasteiger partial charge in [0, 0.05) is 6.04 Å². The third-order valence-corrected chi connectivity index (χ3v) is 6.78. The number of hydrogen-bond donors (Lipinski definition) is 1. The van der Waals surface area contributed by atoms with E-state index >= 15 is 0 Å². The van der Waals surface area contributed by atoms with E-state index in [2.05, 4.69) is 4.72 Å². The van der Waals surface area contributed by atoms with E-state index in [0.29, 0.717) is 18.6 Å². The van der Waals surface area contributed by atoms with Crippen LogP contribution < -0.4 is 9.46 Å². The van der Waals surface area contributed by atoms with Gasteiger partial charge in [-0.2, -0.15) is 0 Å². The minimum Gasteiger partial charge on any atom is -0.496 e. The number of hydrogen-bond acceptors (Lipinski definition) is 5. The third kappa shape index (κ3) is 3.75. The Bertz CT molecular complexity index is 725. The second kappa shape index (κ2) is 5.94. The standard InChI is InChI=1S/C13H19NO5S2/c1-3-10-8-12(4-5-13(10)19-2)21(17,18)14-11-6-7-20(15,16)9-11/h4-5,8,11,14H,3,6-7,9H2,1-2H3. The van der Waals surface area contributed by atoms with Gasteiger partial charge in [0.1, 0.15) is 5.75 Å². The van der Waals surface area contributed by atoms with Crippen molar-refractivity contribution in [2.45, 2.75) is 30.7 Å². The summed E-state index contributed by atoms with van der Waals surface area (Å²) in [5.74, 6) is 0.534. The molecule has 1 aliphatic heterocycles. The molecular weight excluding hydrogens is 314 g/mol. The van der Waals surface area contributed by atoms with Crippen molar-refractivity contribution >= 4 is 19.9 Å². The highest BCUT2D eigenvalue weighted by molar-refractivity contribution is 7.92. The second-order valence-corrected chi connectivity index (χ2v) is 8.99. The fourth-order valence-corrected chi connectivity index (χ4v) is 5.47. The van der Waals surface area contributed by atoms with Crippen LogP contribution >= 0.6 is 0 Å². The average molecular weight is 333 g/mol. The summed E-state index contributed by atoms with van der Waals surface area (Å²) < 4.78 is 55.1. The molecule has 1 fully saturated rings. The lowest BCUT2D eigenvalue weighted by atomic mass is 10.1. The smallest absolute Gasteiger partial charge is 0.240 e. The number of benzene rings is 1. The Morgan fingerprint density at radius 2 is 2.10 bits per heavy atom. The average Bonchev–Trinajstić information content (AvgIpc) is 2.76. The van der Waals surface area contributed by atoms with Crippen LogP contribution in [-0.2, 0) is 26.3 Å². The molecule has 1 atom stereocenters. The van der Waals surface area contributed by atoms with E-state index in [1.807, 2.05) is 6.92 Å². The zero-order valence-electron chi connectivity index (χ0n) is 12.0. The fraction of sp³-hybridized carbons (Fsp3) is 0.538. The Morgan fingerprint density at radius 3 is 2.62 bits per heavy atom. The lowest BCUT2D eigenvalue weighted by Gasteiger charge is -2.13. The van der Waals surface area contributed by atoms with Gasteiger partial charge in [0.15, 0.2) is 9.84 Å². The number of sulfonamides is 1. The van der Waals surface area contributed by atoms with Gasteiger partial charge in [-0.3, -0.25) is 0 Å². The van der Waals surface area contributed by atoms with Crippen molar-refractivity contribution in [1.82, 2.24) is 4.72 Å². The SMILES string of the molecule is CCc1cc(S(=O)(=O)NC2CCS(=O)(=O)C2)ccc1OC. The number of aryl methyl sites for hydroxylation is 1. The van der Waals surface area contributed by atoms with Crippen molar-refractivity contribution in [2.24, 2.45) is 0 Å². The van der Waals surface area contributed by atoms with Gasteiger partial charge in [-0.1, -0.05) is 6.92 Å². The summed E-state index contributed by atoms with van der Waals surface area (Å²) in [7, 11) is -5.31. The molecule has 118 valence electrons. The molecule has 1 aliphatic rings. The molecular formula is C13H19NO5S2. The molecule has 0 saturated carbocycles. The van der Waals surface area contributed by atoms with Gasteiger partial charge >= 0.3 is 0 Å². The van der Waals surface area contributed by atoms with E-state index in [9.17, 15) is 16.8 Å². The molecule has 0 amide bonds. The van der Waals surface area contributed by atoms with Crippen molar-refractivity contribution in [3.63, 3.8) is 0 Å². The molecule has 0 spiro atoms. The molecule has 1 aromatic rings. The monoisotopic (exact) mass is 333 g/mol. The molecule has 1 aromatic carbocycles. The Kier molecular flexibility index (Phi) is 4.60. The first-order chi connectivity index (χ1) is 9.77. The van der Waals surface area contributed by atoms with Crippen molar-refractivity contribution in [3.8, 4) is 5.75 Å². The van der Waals surface area contributed by atoms with E-state index in [-0.39, 0.29) is 16.4 Å². The van der Waals surface area contributed by atoms with Crippen molar-refractivity contribution in [3.05, 3.63) is 23.8 Å². The lowest BCUT2D eigenvalue weighted by molar-refractivity contribution is 0.409. The summed E-state index contributed by atoms with van der Waals surface area (Å²) in [5, 5.41) is 0. The summed E-state index contributed by atoms with van der Waals surface area (Å²) in [6.07, 6.45) is 0.961. The lowest BCUT2D eigenvalue weighted by Crippen LogP contribution is -2.35. The van der Waals surface area contributed by atoms with Gasteiger partial charge in [0.25, 0.3) is 0 Å². The van der Waals surface area contributed by atoms with E-state index in [4.69, 9.17) is 4.74 Å². The first kappa shape index (κ1) is 16.3. The summed E-state index contributed by atoms with van der Waals surface area (Å²) in [6.45, 7) is 1.91. The molecule has 1 heterocycles. The quantitative estimate of drug-likeness (QED) is 0.858. The number of methoxy groups -OCH3 is 1. The molecule has 0 aromatic heterocycles. The molecule has 8 heteroatoms. The van der Waals surface area contributed by atoms with Crippen LogP contribution in [0.15, 0.2) is 23.1 Å². The molecule has 21 heavy (non-hydrogen) atoms. The summed E-state index contributed by atoms with van der Waals surface area (Å²) in [6, 6.07) is 4.08. The first-order valence-electron chi connectivity index (χ1n) is 6.67. The molecule has 0 bridgehead atoms. The largest absolute Gasteiger partial charge is 0.496 e. The van der Waals surface area contributed by atoms with Crippen molar-refractivity contribution < 1.29 is 21.6 Å². The highest BCUT2D eigenvalue weighted by Crippen LogP contribution is 2.23. The van der Waals surface area contributed by atoms with Gasteiger partial charge < -0.3 is 4.74 Å². The summed E-state index contributed by atoms with van der Waals surface area (Å²) in [4.78, 5) is 0.129. The Morgan fingerprint density at radius 1 is 1.38 bits per heavy atom. The molecule has 2 rings (SSSR count). The zero-order chi connectivity index (χ0) is 15.7. The highest BCUT2D eigenvalue weighted by atomic mass is 32.2. The van der Waals surface area contributed by atoms with Gasteiger partial charge in [-0.15, -0.1) is 0 Å². The second-order valence-electron chi connectivity index (χ2n) is 5.05. The molecule has 1 unspecified atom stereocenters. The van der Waals surface area contributed by atoms with E-state index in [1.165, 1.54) is 13.2 Å². The van der Waals surface area contributed by atoms with E-state index < -0.39 is 25.9 Å². The maximum Gasteiger partial charge on any atom is 0.240 e. The van der Waals surface area contributed by atoms with Gasteiger partial charge in [0.2, 0.25) is 10.0 Å². The zero-order valence-corrected chi connectivity index (χ0v) is 13.6. The fourth-order valence-electron chi connectivity index (χ4n) is 2.37. The number of ether oxygens (including phenoxy) is 1. The summed E-state index contributed by atoms with van der Waals surface area (Å²) >= 11 is 0. The predicted molar refractivity (Wildman–Crippen MR) is 79.8 cm³/mol.